The molecule has 4 aromatic rings. The number of hydrogen-bond acceptors (Lipinski definition) is 31. The van der Waals surface area contributed by atoms with Crippen LogP contribution in [0.15, 0.2) is 60.8 Å². The number of amides is 9. The van der Waals surface area contributed by atoms with Crippen molar-refractivity contribution in [3.8, 4) is 0 Å². The molecule has 42 nitrogen and oxygen atoms in total. The van der Waals surface area contributed by atoms with Gasteiger partial charge in [0.15, 0.2) is 0 Å². The quantitative estimate of drug-likeness (QED) is 0.0251. The summed E-state index contributed by atoms with van der Waals surface area (Å²) in [4.78, 5) is 170. The van der Waals surface area contributed by atoms with Crippen molar-refractivity contribution in [3.63, 3.8) is 0 Å². The lowest BCUT2D eigenvalue weighted by molar-refractivity contribution is -0.121. The van der Waals surface area contributed by atoms with Gasteiger partial charge >= 0.3 is 0 Å². The van der Waals surface area contributed by atoms with E-state index in [1.54, 1.807) is 0 Å². The van der Waals surface area contributed by atoms with Crippen LogP contribution in [0.3, 0.4) is 0 Å². The molecule has 42 heteroatoms. The van der Waals surface area contributed by atoms with E-state index in [0.29, 0.717) is 216 Å². The minimum absolute atomic E-state index is 0.0441. The van der Waals surface area contributed by atoms with Crippen LogP contribution in [0.1, 0.15) is 38.3 Å². The fraction of sp³-hybridized carbons (Fsp3) is 0.658. The minimum atomic E-state index is -0.442. The van der Waals surface area contributed by atoms with Crippen LogP contribution in [-0.4, -0.2) is 455 Å². The molecule has 4 fully saturated rings. The lowest BCUT2D eigenvalue weighted by atomic mass is 10.2. The molecule has 2 aromatic carbocycles. The van der Waals surface area contributed by atoms with Crippen LogP contribution in [0, 0.1) is 0 Å². The highest BCUT2D eigenvalue weighted by Crippen LogP contribution is 2.15. The maximum Gasteiger partial charge on any atom is 0.231 e. The van der Waals surface area contributed by atoms with E-state index in [1.807, 2.05) is 90.3 Å². The van der Waals surface area contributed by atoms with Crippen LogP contribution in [0.25, 0.3) is 22.1 Å². The second kappa shape index (κ2) is 58.0. The second-order valence-corrected chi connectivity index (χ2v) is 31.1. The number of benzene rings is 2. The van der Waals surface area contributed by atoms with Gasteiger partial charge in [-0.25, -0.2) is 9.97 Å². The van der Waals surface area contributed by atoms with Gasteiger partial charge in [0.2, 0.25) is 53.2 Å². The van der Waals surface area contributed by atoms with Crippen LogP contribution in [0.5, 0.6) is 0 Å². The van der Waals surface area contributed by atoms with Crippen molar-refractivity contribution in [2.45, 2.75) is 39.8 Å². The van der Waals surface area contributed by atoms with Crippen molar-refractivity contribution < 1.29 is 67.0 Å². The van der Waals surface area contributed by atoms with E-state index in [4.69, 9.17) is 81.5 Å². The largest absolute Gasteiger partial charge is 0.401 e. The number of primary amides is 9. The minimum Gasteiger partial charge on any atom is -0.401 e. The molecule has 0 aliphatic carbocycles. The molecular weight excluding hydrogens is 1570 g/mol. The molecule has 2 aromatic heterocycles. The molecule has 4 aliphatic rings. The molecule has 678 valence electrons. The maximum atomic E-state index is 11.6. The summed E-state index contributed by atoms with van der Waals surface area (Å²) in [6.07, 6.45) is 1.56. The van der Waals surface area contributed by atoms with E-state index in [9.17, 15) is 52.7 Å². The average Bonchev–Trinajstić information content (AvgIpc) is 1.71. The lowest BCUT2D eigenvalue weighted by Gasteiger charge is -2.33. The number of Topliss-reactive ketones (excluding diaryl/α,β-unsaturated/α-hetero) is 2. The van der Waals surface area contributed by atoms with Crippen molar-refractivity contribution in [1.82, 2.24) is 88.5 Å². The Balaban J connectivity index is 0.000000289. The number of aromatic nitrogens is 4. The fourth-order valence-corrected chi connectivity index (χ4v) is 14.3. The van der Waals surface area contributed by atoms with Gasteiger partial charge in [-0.3, -0.25) is 121 Å². The number of hydrogen-bond donors (Lipinski definition) is 12. The van der Waals surface area contributed by atoms with E-state index in [1.165, 1.54) is 13.8 Å². The summed E-state index contributed by atoms with van der Waals surface area (Å²) in [5.41, 5.74) is 58.8. The third-order valence-corrected chi connectivity index (χ3v) is 20.2. The Kier molecular flexibility index (Phi) is 49.0. The van der Waals surface area contributed by atoms with Gasteiger partial charge in [0.1, 0.15) is 23.2 Å². The summed E-state index contributed by atoms with van der Waals surface area (Å²) in [7, 11) is 0. The summed E-state index contributed by atoms with van der Waals surface area (Å²) in [5.74, 6) is -1.75. The number of H-pyrrole nitrogens is 2. The smallest absolute Gasteiger partial charge is 0.231 e. The zero-order chi connectivity index (χ0) is 88.4. The summed E-state index contributed by atoms with van der Waals surface area (Å²) in [6, 6.07) is 16.2. The molecule has 0 spiro atoms. The zero-order valence-corrected chi connectivity index (χ0v) is 71.3. The molecule has 0 saturated carbocycles. The Hall–Kier alpha value is -9.19. The first-order valence-electron chi connectivity index (χ1n) is 41.5. The number of aromatic amines is 2. The number of ether oxygens (including phenoxy) is 3. The van der Waals surface area contributed by atoms with Gasteiger partial charge in [-0.05, 0) is 77.1 Å². The Morgan fingerprint density at radius 2 is 0.479 bits per heavy atom. The Bertz CT molecular complexity index is 3240. The van der Waals surface area contributed by atoms with Gasteiger partial charge in [0.05, 0.1) is 147 Å². The number of nitrogens with one attached hydrogen (secondary N) is 2. The van der Waals surface area contributed by atoms with Crippen LogP contribution in [0.4, 0.5) is 0 Å². The highest BCUT2D eigenvalue weighted by atomic mass is 16.5. The molecule has 0 bridgehead atoms. The molecule has 8 rings (SSSR count). The van der Waals surface area contributed by atoms with E-state index >= 15 is 0 Å². The standard InChI is InChI=1S/C26H34N6O3.C19H38N8O3.2C17H33N7O4/c1-2-6-22-21(5-1)27-25(28-22)19-31-9-13-33-14-10-32(12-16-35-18-17-34-15-11-31)20-26-29-23-7-3-4-8-24(23)30-26;1-16(20)12-24-4-2-5-26(14-18(22)29)10-11-27(15-19(23)30)7-3-6-25(9-8-24)13-17(21)28;2*1-14(25)10-21-2-4-22(11-15(18)26)6-8-24(13-17(20)28)9-7-23(5-3-21)12-16(19)27/h1-8H,9-20H2,(H,27,28)(H,29,30);1-15,20H2,(H2,21,28)(H2,22,29)(H2,23,30);2*2-13H2,1H3,(H2,18,26)(H2,19,27)(H2,20,28). The first-order valence-corrected chi connectivity index (χ1v) is 41.5. The number of nitrogens with zero attached hydrogens (tertiary/aromatic N) is 16. The number of fused-ring (bicyclic) bond motifs is 2. The van der Waals surface area contributed by atoms with Crippen molar-refractivity contribution in [2.24, 2.45) is 57.3 Å². The molecular formula is C79H138N28O14. The van der Waals surface area contributed by atoms with Crippen LogP contribution < -0.4 is 57.3 Å². The van der Waals surface area contributed by atoms with Gasteiger partial charge in [-0.2, -0.15) is 0 Å². The first-order chi connectivity index (χ1) is 57.8. The van der Waals surface area contributed by atoms with Crippen molar-refractivity contribution in [3.05, 3.63) is 72.5 Å². The zero-order valence-electron chi connectivity index (χ0n) is 71.3. The summed E-state index contributed by atoms with van der Waals surface area (Å²) < 4.78 is 17.7. The van der Waals surface area contributed by atoms with Gasteiger partial charge in [0, 0.05) is 169 Å². The highest BCUT2D eigenvalue weighted by molar-refractivity contribution is 5.81. The van der Waals surface area contributed by atoms with Crippen molar-refractivity contribution in [1.29, 1.82) is 0 Å². The normalized spacial score (nSPS) is 19.3. The number of ketones is 2. The first kappa shape index (κ1) is 102. The maximum absolute atomic E-state index is 11.6. The Morgan fingerprint density at radius 3 is 0.686 bits per heavy atom. The van der Waals surface area contributed by atoms with Crippen LogP contribution in [-0.2, 0) is 80.0 Å². The van der Waals surface area contributed by atoms with Gasteiger partial charge in [-0.1, -0.05) is 30.8 Å². The molecule has 4 saturated heterocycles. The van der Waals surface area contributed by atoms with Gasteiger partial charge in [-0.15, -0.1) is 0 Å². The number of carbonyl (C=O) groups is 11. The van der Waals surface area contributed by atoms with Crippen molar-refractivity contribution >= 4 is 86.8 Å². The number of imidazole rings is 2. The van der Waals surface area contributed by atoms with Crippen molar-refractivity contribution in [2.75, 3.05) is 301 Å². The molecule has 0 unspecified atom stereocenters. The Morgan fingerprint density at radius 1 is 0.281 bits per heavy atom. The molecule has 121 heavy (non-hydrogen) atoms. The molecule has 0 atom stereocenters. The number of rotatable bonds is 28. The monoisotopic (exact) mass is 1700 g/mol. The van der Waals surface area contributed by atoms with E-state index in [0.717, 1.165) is 92.4 Å². The molecule has 6 heterocycles. The number of para-hydroxylation sites is 4. The summed E-state index contributed by atoms with van der Waals surface area (Å²) in [6.45, 7) is 31.7. The molecule has 9 amide bonds. The predicted molar refractivity (Wildman–Crippen MR) is 459 cm³/mol. The Labute approximate surface area is 710 Å². The SMILES string of the molecule is C=C(N)CN1CCCN(CC(N)=O)CCN(CC(N)=O)CCCN(CC(N)=O)CC1.CC(=O)CN1CCN(CC(N)=O)CCN(CC(N)=O)CCN(CC(N)=O)CC1.CC(=O)CN1CCN(CC(N)=O)CCN(CC(N)=O)CCN(CC(N)=O)CC1.c1ccc2[nH]c(CN3CCOCCOCCN(Cc4nc5ccccc5[nH]4)CCOCC3)nc2c1. The third kappa shape index (κ3) is 47.7. The molecule has 22 N–H and O–H groups in total. The van der Waals surface area contributed by atoms with Gasteiger partial charge < -0.3 is 81.5 Å². The number of carbonyl (C=O) groups excluding carboxylic acids is 11. The van der Waals surface area contributed by atoms with Crippen LogP contribution >= 0.6 is 0 Å². The lowest BCUT2D eigenvalue weighted by Crippen LogP contribution is -2.50. The average molecular weight is 1700 g/mol. The predicted octanol–water partition coefficient (Wildman–Crippen LogP) is -7.77. The third-order valence-electron chi connectivity index (χ3n) is 20.2. The highest BCUT2D eigenvalue weighted by Gasteiger charge is 2.25. The second-order valence-electron chi connectivity index (χ2n) is 31.1. The van der Waals surface area contributed by atoms with Gasteiger partial charge in [0.25, 0.3) is 0 Å². The topological polar surface area (TPSA) is 578 Å². The fourth-order valence-electron chi connectivity index (χ4n) is 14.3. The summed E-state index contributed by atoms with van der Waals surface area (Å²) in [5, 5.41) is 0. The number of nitrogens with two attached hydrogens (primary N) is 10. The van der Waals surface area contributed by atoms with E-state index < -0.39 is 41.4 Å². The van der Waals surface area contributed by atoms with Crippen LogP contribution in [0.2, 0.25) is 0 Å². The summed E-state index contributed by atoms with van der Waals surface area (Å²) >= 11 is 0. The van der Waals surface area contributed by atoms with E-state index in [2.05, 4.69) is 43.4 Å². The molecule has 4 aliphatic heterocycles. The van der Waals surface area contributed by atoms with E-state index in [-0.39, 0.29) is 82.3 Å². The molecule has 0 radical (unpaired) electrons.